The predicted octanol–water partition coefficient (Wildman–Crippen LogP) is 7.63. The Morgan fingerprint density at radius 3 is 2.42 bits per heavy atom. The topological polar surface area (TPSA) is 51.0 Å². The molecule has 0 saturated carbocycles. The van der Waals surface area contributed by atoms with Crippen molar-refractivity contribution in [2.75, 3.05) is 18.1 Å². The Morgan fingerprint density at radius 2 is 1.81 bits per heavy atom. The molecule has 1 aliphatic heterocycles. The molecule has 0 N–H and O–H groups in total. The van der Waals surface area contributed by atoms with Crippen molar-refractivity contribution in [3.63, 3.8) is 0 Å². The number of Topliss-reactive ketones (excluding diaryl/α,β-unsaturated/α-hetero) is 1. The molecule has 1 heterocycles. The molecule has 3 rings (SSSR count). The monoisotopic (exact) mass is 486 g/mol. The first kappa shape index (κ1) is 27.2. The van der Waals surface area contributed by atoms with E-state index in [2.05, 4.69) is 23.6 Å². The van der Waals surface area contributed by atoms with Gasteiger partial charge in [0.05, 0.1) is 18.7 Å². The van der Waals surface area contributed by atoms with Crippen molar-refractivity contribution in [3.05, 3.63) is 76.8 Å². The minimum atomic E-state index is -0.548. The number of esters is 1. The number of anilines is 1. The number of rotatable bonds is 10. The van der Waals surface area contributed by atoms with Crippen LogP contribution in [0.15, 0.2) is 48.7 Å². The average Bonchev–Trinajstić information content (AvgIpc) is 3.28. The number of hydrogen-bond donors (Lipinski definition) is 0. The standard InChI is InChI=1S/C31H38N2O3/c1-7-9-10-22(8-2)21-36-30(35)25-13-16-28-24(19-25)17-18-33(28)20-27(29(34)31(3,4)5)23-11-14-26(32-6)15-12-23/h11-16,19-20,22H,7-10,17-18,21H2,1-5H3/b27-20+. The quantitative estimate of drug-likeness (QED) is 0.197. The molecule has 0 fully saturated rings. The highest BCUT2D eigenvalue weighted by Gasteiger charge is 2.28. The van der Waals surface area contributed by atoms with E-state index < -0.39 is 5.41 Å². The largest absolute Gasteiger partial charge is 0.462 e. The molecule has 0 radical (unpaired) electrons. The molecular formula is C31H38N2O3. The summed E-state index contributed by atoms with van der Waals surface area (Å²) in [6.07, 6.45) is 7.10. The van der Waals surface area contributed by atoms with Gasteiger partial charge in [0.25, 0.3) is 0 Å². The number of ketones is 1. The summed E-state index contributed by atoms with van der Waals surface area (Å²) in [4.78, 5) is 31.6. The van der Waals surface area contributed by atoms with Crippen molar-refractivity contribution in [3.8, 4) is 0 Å². The first-order valence-corrected chi connectivity index (χ1v) is 13.0. The molecule has 0 aliphatic carbocycles. The Morgan fingerprint density at radius 1 is 1.11 bits per heavy atom. The third kappa shape index (κ3) is 6.63. The highest BCUT2D eigenvalue weighted by atomic mass is 16.5. The second-order valence-corrected chi connectivity index (χ2v) is 10.6. The zero-order chi connectivity index (χ0) is 26.3. The van der Waals surface area contributed by atoms with Gasteiger partial charge in [-0.2, -0.15) is 0 Å². The van der Waals surface area contributed by atoms with Gasteiger partial charge < -0.3 is 9.64 Å². The van der Waals surface area contributed by atoms with E-state index in [1.165, 1.54) is 0 Å². The Kier molecular flexibility index (Phi) is 9.09. The van der Waals surface area contributed by atoms with Crippen LogP contribution in [0.4, 0.5) is 11.4 Å². The Balaban J connectivity index is 1.82. The van der Waals surface area contributed by atoms with Gasteiger partial charge in [-0.15, -0.1) is 0 Å². The fraction of sp³-hybridized carbons (Fsp3) is 0.452. The van der Waals surface area contributed by atoms with Crippen LogP contribution in [0.3, 0.4) is 0 Å². The maximum absolute atomic E-state index is 13.4. The van der Waals surface area contributed by atoms with Crippen LogP contribution in [0.2, 0.25) is 0 Å². The molecule has 2 aromatic rings. The Hall–Kier alpha value is -3.39. The van der Waals surface area contributed by atoms with Crippen LogP contribution in [-0.2, 0) is 16.0 Å². The fourth-order valence-electron chi connectivity index (χ4n) is 4.40. The first-order valence-electron chi connectivity index (χ1n) is 13.0. The SMILES string of the molecule is [C-]#[N+]c1ccc(/C(=C\N2CCc3cc(C(=O)OCC(CC)CCCC)ccc32)C(=O)C(C)(C)C)cc1. The van der Waals surface area contributed by atoms with E-state index >= 15 is 0 Å². The Labute approximate surface area is 216 Å². The normalized spacial score (nSPS) is 14.2. The van der Waals surface area contributed by atoms with Crippen molar-refractivity contribution < 1.29 is 14.3 Å². The van der Waals surface area contributed by atoms with Gasteiger partial charge in [0.15, 0.2) is 11.5 Å². The summed E-state index contributed by atoms with van der Waals surface area (Å²) in [6, 6.07) is 12.8. The number of allylic oxidation sites excluding steroid dienone is 1. The number of hydrogen-bond acceptors (Lipinski definition) is 4. The molecule has 1 atom stereocenters. The third-order valence-electron chi connectivity index (χ3n) is 6.76. The van der Waals surface area contributed by atoms with Gasteiger partial charge in [-0.1, -0.05) is 78.1 Å². The molecule has 0 saturated heterocycles. The number of ether oxygens (including phenoxy) is 1. The van der Waals surface area contributed by atoms with Crippen molar-refractivity contribution in [2.45, 2.75) is 66.7 Å². The van der Waals surface area contributed by atoms with Gasteiger partial charge in [-0.05, 0) is 48.1 Å². The van der Waals surface area contributed by atoms with Gasteiger partial charge in [-0.3, -0.25) is 4.79 Å². The molecular weight excluding hydrogens is 448 g/mol. The number of unbranched alkanes of at least 4 members (excludes halogenated alkanes) is 1. The van der Waals surface area contributed by atoms with Gasteiger partial charge >= 0.3 is 5.97 Å². The zero-order valence-electron chi connectivity index (χ0n) is 22.3. The smallest absolute Gasteiger partial charge is 0.338 e. The summed E-state index contributed by atoms with van der Waals surface area (Å²) < 4.78 is 5.64. The van der Waals surface area contributed by atoms with Crippen LogP contribution in [0.1, 0.15) is 81.8 Å². The van der Waals surface area contributed by atoms with E-state index in [1.54, 1.807) is 12.1 Å². The van der Waals surface area contributed by atoms with Crippen molar-refractivity contribution >= 4 is 28.7 Å². The fourth-order valence-corrected chi connectivity index (χ4v) is 4.40. The Bertz CT molecular complexity index is 1150. The van der Waals surface area contributed by atoms with Crippen molar-refractivity contribution in [1.82, 2.24) is 0 Å². The van der Waals surface area contributed by atoms with Crippen LogP contribution in [0.5, 0.6) is 0 Å². The summed E-state index contributed by atoms with van der Waals surface area (Å²) >= 11 is 0. The molecule has 5 nitrogen and oxygen atoms in total. The van der Waals surface area contributed by atoms with E-state index in [1.807, 2.05) is 57.3 Å². The van der Waals surface area contributed by atoms with E-state index in [0.717, 1.165) is 55.5 Å². The molecule has 0 bridgehead atoms. The van der Waals surface area contributed by atoms with Gasteiger partial charge in [-0.25, -0.2) is 9.64 Å². The summed E-state index contributed by atoms with van der Waals surface area (Å²) in [5.41, 5.74) is 4.06. The maximum atomic E-state index is 13.4. The highest BCUT2D eigenvalue weighted by molar-refractivity contribution is 6.23. The average molecular weight is 487 g/mol. The molecule has 0 spiro atoms. The number of carbonyl (C=O) groups excluding carboxylic acids is 2. The van der Waals surface area contributed by atoms with E-state index in [0.29, 0.717) is 29.3 Å². The third-order valence-corrected chi connectivity index (χ3v) is 6.76. The lowest BCUT2D eigenvalue weighted by Gasteiger charge is -2.22. The van der Waals surface area contributed by atoms with Crippen LogP contribution >= 0.6 is 0 Å². The summed E-state index contributed by atoms with van der Waals surface area (Å²) in [6.45, 7) is 18.5. The lowest BCUT2D eigenvalue weighted by molar-refractivity contribution is -0.120. The highest BCUT2D eigenvalue weighted by Crippen LogP contribution is 2.34. The van der Waals surface area contributed by atoms with Crippen LogP contribution < -0.4 is 4.90 Å². The molecule has 2 aromatic carbocycles. The molecule has 36 heavy (non-hydrogen) atoms. The molecule has 0 amide bonds. The van der Waals surface area contributed by atoms with Crippen LogP contribution in [0, 0.1) is 17.9 Å². The van der Waals surface area contributed by atoms with Gasteiger partial charge in [0.2, 0.25) is 0 Å². The number of fused-ring (bicyclic) bond motifs is 1. The van der Waals surface area contributed by atoms with E-state index in [9.17, 15) is 9.59 Å². The molecule has 1 aliphatic rings. The van der Waals surface area contributed by atoms with Gasteiger partial charge in [0, 0.05) is 29.4 Å². The lowest BCUT2D eigenvalue weighted by atomic mass is 9.84. The number of nitrogens with zero attached hydrogens (tertiary/aromatic N) is 2. The van der Waals surface area contributed by atoms with Crippen LogP contribution in [-0.4, -0.2) is 24.9 Å². The second kappa shape index (κ2) is 12.0. The molecule has 190 valence electrons. The van der Waals surface area contributed by atoms with Crippen LogP contribution in [0.25, 0.3) is 10.4 Å². The number of carbonyl (C=O) groups is 2. The minimum Gasteiger partial charge on any atom is -0.462 e. The minimum absolute atomic E-state index is 0.0419. The lowest BCUT2D eigenvalue weighted by Crippen LogP contribution is -2.24. The van der Waals surface area contributed by atoms with E-state index in [-0.39, 0.29) is 11.8 Å². The molecule has 0 aromatic heterocycles. The predicted molar refractivity (Wildman–Crippen MR) is 146 cm³/mol. The second-order valence-electron chi connectivity index (χ2n) is 10.6. The zero-order valence-corrected chi connectivity index (χ0v) is 22.3. The molecule has 1 unspecified atom stereocenters. The summed E-state index contributed by atoms with van der Waals surface area (Å²) in [7, 11) is 0. The first-order chi connectivity index (χ1) is 17.2. The molecule has 5 heteroatoms. The van der Waals surface area contributed by atoms with Gasteiger partial charge in [0.1, 0.15) is 0 Å². The number of benzene rings is 2. The van der Waals surface area contributed by atoms with Crippen molar-refractivity contribution in [2.24, 2.45) is 11.3 Å². The summed E-state index contributed by atoms with van der Waals surface area (Å²) in [5, 5.41) is 0. The van der Waals surface area contributed by atoms with E-state index in [4.69, 9.17) is 11.3 Å². The van der Waals surface area contributed by atoms with Crippen molar-refractivity contribution in [1.29, 1.82) is 0 Å². The maximum Gasteiger partial charge on any atom is 0.338 e. The summed E-state index contributed by atoms with van der Waals surface area (Å²) in [5.74, 6) is 0.178.